The molecule has 14 nitrogen and oxygen atoms in total. The van der Waals surface area contributed by atoms with Crippen molar-refractivity contribution in [2.75, 3.05) is 30.1 Å². The summed E-state index contributed by atoms with van der Waals surface area (Å²) in [5.41, 5.74) is 21.4. The van der Waals surface area contributed by atoms with Gasteiger partial charge in [0.15, 0.2) is 0 Å². The van der Waals surface area contributed by atoms with Gasteiger partial charge >= 0.3 is 5.97 Å². The van der Waals surface area contributed by atoms with Crippen LogP contribution in [0.25, 0.3) is 0 Å². The molecule has 2 aromatic rings. The zero-order valence-electron chi connectivity index (χ0n) is 18.6. The van der Waals surface area contributed by atoms with Crippen LogP contribution < -0.4 is 22.9 Å². The van der Waals surface area contributed by atoms with Gasteiger partial charge in [0, 0.05) is 18.3 Å². The molecule has 0 aromatic heterocycles. The number of anilines is 2. The Morgan fingerprint density at radius 1 is 0.765 bits per heavy atom. The van der Waals surface area contributed by atoms with Gasteiger partial charge in [0.05, 0.1) is 12.8 Å². The fourth-order valence-corrected chi connectivity index (χ4v) is 0.906. The lowest BCUT2D eigenvalue weighted by atomic mass is 10.3. The Morgan fingerprint density at radius 3 is 1.00 bits per heavy atom. The van der Waals surface area contributed by atoms with Crippen molar-refractivity contribution in [3.63, 3.8) is 0 Å². The highest BCUT2D eigenvalue weighted by Gasteiger charge is 1.93. The molecule has 0 amide bonds. The molecule has 0 unspecified atom stereocenters. The summed E-state index contributed by atoms with van der Waals surface area (Å²) in [5, 5.41) is 15.0. The van der Waals surface area contributed by atoms with Crippen LogP contribution in [0, 0.1) is 0 Å². The van der Waals surface area contributed by atoms with E-state index in [0.29, 0.717) is 6.26 Å². The molecule has 0 aliphatic heterocycles. The molecule has 0 aliphatic carbocycles. The molecule has 0 radical (unpaired) electrons. The number of para-hydroxylation sites is 2. The number of carboxylic acid groups (broad SMARTS) is 2. The van der Waals surface area contributed by atoms with Crippen molar-refractivity contribution in [2.45, 2.75) is 6.92 Å². The first kappa shape index (κ1) is 38.0. The van der Waals surface area contributed by atoms with E-state index in [1.165, 1.54) is 0 Å². The van der Waals surface area contributed by atoms with Crippen molar-refractivity contribution >= 4 is 43.5 Å². The summed E-state index contributed by atoms with van der Waals surface area (Å²) in [6.45, 7) is 0.806. The minimum Gasteiger partial charge on any atom is -0.481 e. The van der Waals surface area contributed by atoms with Gasteiger partial charge in [-0.1, -0.05) is 36.4 Å². The molecule has 2 aromatic carbocycles. The topological polar surface area (TPSA) is 287 Å². The van der Waals surface area contributed by atoms with E-state index in [9.17, 15) is 21.6 Å². The number of nitrogen functional groups attached to an aromatic ring is 2. The normalized spacial score (nSPS) is 9.12. The van der Waals surface area contributed by atoms with Crippen molar-refractivity contribution in [1.29, 1.82) is 0 Å². The summed E-state index contributed by atoms with van der Waals surface area (Å²) in [6, 6.07) is 19.0. The molecule has 0 saturated heterocycles. The van der Waals surface area contributed by atoms with Crippen LogP contribution in [0.1, 0.15) is 6.92 Å². The SMILES string of the molecule is CC(=O)O.CS(=O)(=O)O.NCC(=O)O.NCS(=O)(=O)O.Nc1ccccc1.Nc1ccccc1. The Kier molecular flexibility index (Phi) is 25.6. The summed E-state index contributed by atoms with van der Waals surface area (Å²) in [6.07, 6.45) is 0.715. The Balaban J connectivity index is -0.000000161. The number of benzene rings is 2. The first-order valence-corrected chi connectivity index (χ1v) is 12.1. The molecule has 0 bridgehead atoms. The summed E-state index contributed by atoms with van der Waals surface area (Å²) in [7, 11) is -7.55. The molecule has 0 saturated carbocycles. The third kappa shape index (κ3) is 70.3. The highest BCUT2D eigenvalue weighted by Crippen LogP contribution is 1.96. The van der Waals surface area contributed by atoms with Crippen LogP contribution in [0.5, 0.6) is 0 Å². The second-order valence-electron chi connectivity index (χ2n) is 5.42. The van der Waals surface area contributed by atoms with E-state index in [4.69, 9.17) is 35.6 Å². The highest BCUT2D eigenvalue weighted by molar-refractivity contribution is 7.85. The van der Waals surface area contributed by atoms with E-state index >= 15 is 0 Å². The van der Waals surface area contributed by atoms with Crippen molar-refractivity contribution in [1.82, 2.24) is 0 Å². The summed E-state index contributed by atoms with van der Waals surface area (Å²) in [5.74, 6) is -2.50. The van der Waals surface area contributed by atoms with Crippen LogP contribution in [-0.2, 0) is 29.8 Å². The van der Waals surface area contributed by atoms with Crippen LogP contribution in [0.4, 0.5) is 11.4 Å². The van der Waals surface area contributed by atoms with Crippen LogP contribution in [0.3, 0.4) is 0 Å². The number of aliphatic carboxylic acids is 2. The van der Waals surface area contributed by atoms with Crippen molar-refractivity contribution in [3.05, 3.63) is 60.7 Å². The molecule has 0 spiro atoms. The maximum atomic E-state index is 9.43. The lowest BCUT2D eigenvalue weighted by Gasteiger charge is -1.83. The second kappa shape index (κ2) is 22.9. The summed E-state index contributed by atoms with van der Waals surface area (Å²) in [4.78, 5) is 18.2. The quantitative estimate of drug-likeness (QED) is 0.187. The predicted molar refractivity (Wildman–Crippen MR) is 130 cm³/mol. The minimum atomic E-state index is -3.88. The van der Waals surface area contributed by atoms with Gasteiger partial charge in [0.2, 0.25) is 0 Å². The monoisotopic (exact) mass is 528 g/mol. The maximum Gasteiger partial charge on any atom is 0.317 e. The number of rotatable bonds is 2. The van der Waals surface area contributed by atoms with Gasteiger partial charge in [-0.05, 0) is 24.3 Å². The largest absolute Gasteiger partial charge is 0.481 e. The molecule has 34 heavy (non-hydrogen) atoms. The Hall–Kier alpha value is -3.28. The van der Waals surface area contributed by atoms with E-state index in [2.05, 4.69) is 11.5 Å². The van der Waals surface area contributed by atoms with Gasteiger partial charge in [-0.3, -0.25) is 18.7 Å². The predicted octanol–water partition coefficient (Wildman–Crippen LogP) is -0.0474. The van der Waals surface area contributed by atoms with Gasteiger partial charge in [0.1, 0.15) is 5.88 Å². The van der Waals surface area contributed by atoms with Gasteiger partial charge in [0.25, 0.3) is 26.2 Å². The number of hydrogen-bond acceptors (Lipinski definition) is 10. The number of hydrogen-bond donors (Lipinski definition) is 8. The first-order valence-electron chi connectivity index (χ1n) is 8.65. The van der Waals surface area contributed by atoms with Gasteiger partial charge in [-0.15, -0.1) is 0 Å². The lowest BCUT2D eigenvalue weighted by Crippen LogP contribution is -2.11. The van der Waals surface area contributed by atoms with E-state index in [-0.39, 0.29) is 6.54 Å². The number of nitrogens with two attached hydrogens (primary N) is 4. The fourth-order valence-electron chi connectivity index (χ4n) is 0.906. The van der Waals surface area contributed by atoms with Crippen molar-refractivity contribution < 1.29 is 45.7 Å². The second-order valence-corrected chi connectivity index (χ2v) is 8.38. The Bertz CT molecular complexity index is 923. The van der Waals surface area contributed by atoms with Crippen LogP contribution >= 0.6 is 0 Å². The molecular formula is C18H32N4O10S2. The molecule has 196 valence electrons. The molecule has 12 N–H and O–H groups in total. The van der Waals surface area contributed by atoms with E-state index in [1.54, 1.807) is 0 Å². The van der Waals surface area contributed by atoms with E-state index in [0.717, 1.165) is 18.3 Å². The average Bonchev–Trinajstić information content (AvgIpc) is 2.68. The third-order valence-electron chi connectivity index (χ3n) is 1.98. The number of carbonyl (C=O) groups is 2. The smallest absolute Gasteiger partial charge is 0.317 e. The summed E-state index contributed by atoms with van der Waals surface area (Å²) < 4.78 is 52.4. The van der Waals surface area contributed by atoms with Crippen molar-refractivity contribution in [3.8, 4) is 0 Å². The zero-order valence-corrected chi connectivity index (χ0v) is 20.2. The molecule has 0 atom stereocenters. The van der Waals surface area contributed by atoms with E-state index in [1.807, 2.05) is 60.7 Å². The lowest BCUT2D eigenvalue weighted by molar-refractivity contribution is -0.136. The minimum absolute atomic E-state index is 0.278. The highest BCUT2D eigenvalue weighted by atomic mass is 32.2. The first-order chi connectivity index (χ1) is 15.4. The molecule has 2 rings (SSSR count). The van der Waals surface area contributed by atoms with Gasteiger partial charge in [-0.25, -0.2) is 0 Å². The van der Waals surface area contributed by atoms with Crippen molar-refractivity contribution in [2.24, 2.45) is 11.5 Å². The Labute approximate surface area is 198 Å². The fraction of sp³-hybridized carbons (Fsp3) is 0.222. The van der Waals surface area contributed by atoms with Gasteiger partial charge < -0.3 is 33.1 Å². The van der Waals surface area contributed by atoms with E-state index < -0.39 is 38.1 Å². The molecule has 16 heteroatoms. The molecule has 0 heterocycles. The third-order valence-corrected chi connectivity index (χ3v) is 2.41. The maximum absolute atomic E-state index is 9.43. The summed E-state index contributed by atoms with van der Waals surface area (Å²) >= 11 is 0. The van der Waals surface area contributed by atoms with Crippen LogP contribution in [0.15, 0.2) is 60.7 Å². The van der Waals surface area contributed by atoms with Gasteiger partial charge in [-0.2, -0.15) is 16.8 Å². The molecular weight excluding hydrogens is 496 g/mol. The zero-order chi connectivity index (χ0) is 27.8. The molecule has 0 aliphatic rings. The standard InChI is InChI=1S/2C6H7N.C2H5NO2.C2H4O2.CH5NO3S.CH4O3S/c2*7-6-4-2-1-3-5-6;3-1-2(4)5;1-2(3)4;2-1-6(3,4)5;1-5(2,3)4/h2*1-5H,7H2;1,3H2,(H,4,5);1H3,(H,3,4);1-2H2,(H,3,4,5);1H3,(H,2,3,4). The number of carboxylic acids is 2. The van der Waals surface area contributed by atoms with Crippen LogP contribution in [-0.4, -0.2) is 66.8 Å². The average molecular weight is 529 g/mol. The van der Waals surface area contributed by atoms with Crippen LogP contribution in [0.2, 0.25) is 0 Å². The Morgan fingerprint density at radius 2 is 0.941 bits per heavy atom. The molecule has 0 fully saturated rings.